The molecule has 0 aliphatic heterocycles. The van der Waals surface area contributed by atoms with Crippen molar-refractivity contribution in [3.05, 3.63) is 45.7 Å². The van der Waals surface area contributed by atoms with Crippen LogP contribution in [-0.2, 0) is 0 Å². The standard InChI is InChI=1S/C12H6BrClO/c13-8-5-6-9(14)12-11(8)7-3-1-2-4-10(7)15-12/h1-6H/i1D,2D,3D,4D,5D,6D. The molecule has 0 atom stereocenters. The van der Waals surface area contributed by atoms with E-state index in [4.69, 9.17) is 24.2 Å². The molecule has 0 saturated carbocycles. The Kier molecular flexibility index (Phi) is 1.06. The number of furan rings is 1. The van der Waals surface area contributed by atoms with Gasteiger partial charge in [0.1, 0.15) is 5.58 Å². The number of para-hydroxylation sites is 1. The Labute approximate surface area is 108 Å². The summed E-state index contributed by atoms with van der Waals surface area (Å²) in [4.78, 5) is 0. The van der Waals surface area contributed by atoms with Crippen LogP contribution in [-0.4, -0.2) is 0 Å². The summed E-state index contributed by atoms with van der Waals surface area (Å²) < 4.78 is 52.5. The van der Waals surface area contributed by atoms with Crippen molar-refractivity contribution in [1.29, 1.82) is 0 Å². The molecule has 15 heavy (non-hydrogen) atoms. The second kappa shape index (κ2) is 3.26. The number of hydrogen-bond acceptors (Lipinski definition) is 1. The highest BCUT2D eigenvalue weighted by Gasteiger charge is 2.11. The molecule has 0 aliphatic rings. The lowest BCUT2D eigenvalue weighted by atomic mass is 10.1. The quantitative estimate of drug-likeness (QED) is 0.567. The van der Waals surface area contributed by atoms with Crippen molar-refractivity contribution in [2.24, 2.45) is 0 Å². The summed E-state index contributed by atoms with van der Waals surface area (Å²) in [6.07, 6.45) is 0. The molecule has 3 aromatic rings. The lowest BCUT2D eigenvalue weighted by molar-refractivity contribution is 0.669. The maximum atomic E-state index is 7.99. The molecule has 3 heteroatoms. The summed E-state index contributed by atoms with van der Waals surface area (Å²) in [5.41, 5.74) is 0.0372. The second-order valence-corrected chi connectivity index (χ2v) is 4.06. The van der Waals surface area contributed by atoms with Gasteiger partial charge in [0.05, 0.1) is 13.2 Å². The van der Waals surface area contributed by atoms with Crippen molar-refractivity contribution >= 4 is 49.5 Å². The molecule has 3 rings (SSSR count). The molecule has 2 aromatic carbocycles. The molecule has 0 saturated heterocycles. The van der Waals surface area contributed by atoms with E-state index < -0.39 is 6.04 Å². The van der Waals surface area contributed by atoms with Gasteiger partial charge >= 0.3 is 0 Å². The third-order valence-electron chi connectivity index (χ3n) is 2.04. The van der Waals surface area contributed by atoms with E-state index in [1.165, 1.54) is 0 Å². The van der Waals surface area contributed by atoms with Crippen LogP contribution < -0.4 is 0 Å². The fourth-order valence-corrected chi connectivity index (χ4v) is 2.07. The van der Waals surface area contributed by atoms with Gasteiger partial charge in [-0.05, 0) is 18.1 Å². The number of rotatable bonds is 0. The largest absolute Gasteiger partial charge is 0.454 e. The normalized spacial score (nSPS) is 16.9. The second-order valence-electron chi connectivity index (χ2n) is 2.89. The maximum absolute atomic E-state index is 7.99. The van der Waals surface area contributed by atoms with Crippen LogP contribution in [0.5, 0.6) is 0 Å². The van der Waals surface area contributed by atoms with Crippen LogP contribution in [0.2, 0.25) is 5.02 Å². The first kappa shape index (κ1) is 4.89. The smallest absolute Gasteiger partial charge is 0.155 e. The monoisotopic (exact) mass is 286 g/mol. The van der Waals surface area contributed by atoms with Gasteiger partial charge in [-0.25, -0.2) is 0 Å². The molecule has 1 aromatic heterocycles. The lowest BCUT2D eigenvalue weighted by Crippen LogP contribution is -1.70. The Morgan fingerprint density at radius 1 is 1.20 bits per heavy atom. The zero-order valence-corrected chi connectivity index (χ0v) is 9.51. The Morgan fingerprint density at radius 3 is 2.87 bits per heavy atom. The van der Waals surface area contributed by atoms with Gasteiger partial charge in [0.15, 0.2) is 5.58 Å². The molecule has 0 amide bonds. The SMILES string of the molecule is [2H]c1c([2H])c([2H])c2c(oc3c(Cl)c([2H])c([2H])c(Br)c32)c1[2H]. The van der Waals surface area contributed by atoms with E-state index in [1.807, 2.05) is 0 Å². The zero-order chi connectivity index (χ0) is 15.6. The molecule has 0 bridgehead atoms. The average Bonchev–Trinajstić information content (AvgIpc) is 2.87. The van der Waals surface area contributed by atoms with E-state index in [0.29, 0.717) is 0 Å². The third kappa shape index (κ3) is 1.29. The van der Waals surface area contributed by atoms with E-state index in [9.17, 15) is 0 Å². The number of fused-ring (bicyclic) bond motifs is 3. The van der Waals surface area contributed by atoms with Crippen molar-refractivity contribution in [2.45, 2.75) is 0 Å². The Hall–Kier alpha value is -0.990. The van der Waals surface area contributed by atoms with Gasteiger partial charge in [-0.1, -0.05) is 45.7 Å². The van der Waals surface area contributed by atoms with E-state index in [1.54, 1.807) is 0 Å². The minimum absolute atomic E-state index is 0.0383. The summed E-state index contributed by atoms with van der Waals surface area (Å²) in [5, 5.41) is 0.340. The van der Waals surface area contributed by atoms with Crippen LogP contribution >= 0.6 is 27.5 Å². The van der Waals surface area contributed by atoms with Gasteiger partial charge in [0.2, 0.25) is 0 Å². The van der Waals surface area contributed by atoms with Crippen molar-refractivity contribution in [3.8, 4) is 0 Å². The number of hydrogen-bond donors (Lipinski definition) is 0. The van der Waals surface area contributed by atoms with Gasteiger partial charge in [-0.3, -0.25) is 0 Å². The van der Waals surface area contributed by atoms with Crippen LogP contribution in [0.1, 0.15) is 8.22 Å². The van der Waals surface area contributed by atoms with Crippen LogP contribution in [0.15, 0.2) is 45.1 Å². The summed E-state index contributed by atoms with van der Waals surface area (Å²) >= 11 is 9.21. The zero-order valence-electron chi connectivity index (χ0n) is 13.2. The molecule has 0 fully saturated rings. The molecule has 1 nitrogen and oxygen atoms in total. The highest BCUT2D eigenvalue weighted by molar-refractivity contribution is 9.10. The summed E-state index contributed by atoms with van der Waals surface area (Å²) in [5.74, 6) is 0. The van der Waals surface area contributed by atoms with Gasteiger partial charge in [-0.15, -0.1) is 0 Å². The first-order chi connectivity index (χ1) is 9.77. The minimum atomic E-state index is -0.406. The third-order valence-corrected chi connectivity index (χ3v) is 2.90. The van der Waals surface area contributed by atoms with Crippen molar-refractivity contribution in [1.82, 2.24) is 0 Å². The highest BCUT2D eigenvalue weighted by Crippen LogP contribution is 2.37. The van der Waals surface area contributed by atoms with E-state index in [0.717, 1.165) is 0 Å². The van der Waals surface area contributed by atoms with Crippen LogP contribution in [0, 0.1) is 0 Å². The fourth-order valence-electron chi connectivity index (χ4n) is 1.41. The molecule has 0 unspecified atom stereocenters. The average molecular weight is 288 g/mol. The van der Waals surface area contributed by atoms with Crippen molar-refractivity contribution < 1.29 is 12.6 Å². The lowest BCUT2D eigenvalue weighted by Gasteiger charge is -1.94. The van der Waals surface area contributed by atoms with Crippen molar-refractivity contribution in [2.75, 3.05) is 0 Å². The summed E-state index contributed by atoms with van der Waals surface area (Å²) in [7, 11) is 0. The number of benzene rings is 2. The molecule has 0 N–H and O–H groups in total. The predicted octanol–water partition coefficient (Wildman–Crippen LogP) is 5.00. The molecule has 0 aliphatic carbocycles. The van der Waals surface area contributed by atoms with Gasteiger partial charge < -0.3 is 4.42 Å². The van der Waals surface area contributed by atoms with Crippen LogP contribution in [0.25, 0.3) is 21.9 Å². The first-order valence-corrected chi connectivity index (χ1v) is 5.21. The highest BCUT2D eigenvalue weighted by atomic mass is 79.9. The van der Waals surface area contributed by atoms with Crippen LogP contribution in [0.3, 0.4) is 0 Å². The Balaban J connectivity index is 2.73. The predicted molar refractivity (Wildman–Crippen MR) is 66.4 cm³/mol. The van der Waals surface area contributed by atoms with Crippen molar-refractivity contribution in [3.63, 3.8) is 0 Å². The van der Waals surface area contributed by atoms with Gasteiger partial charge in [-0.2, -0.15) is 0 Å². The summed E-state index contributed by atoms with van der Waals surface area (Å²) in [6.45, 7) is 0. The molecule has 74 valence electrons. The Bertz CT molecular complexity index is 861. The van der Waals surface area contributed by atoms with Gasteiger partial charge in [0.25, 0.3) is 0 Å². The van der Waals surface area contributed by atoms with Gasteiger partial charge in [0, 0.05) is 15.2 Å². The van der Waals surface area contributed by atoms with E-state index in [-0.39, 0.29) is 61.6 Å². The first-order valence-electron chi connectivity index (χ1n) is 7.04. The van der Waals surface area contributed by atoms with Crippen LogP contribution in [0.4, 0.5) is 0 Å². The number of halogens is 2. The molecular weight excluding hydrogens is 275 g/mol. The molecular formula is C12H6BrClO. The molecule has 1 heterocycles. The minimum Gasteiger partial charge on any atom is -0.454 e. The topological polar surface area (TPSA) is 13.1 Å². The van der Waals surface area contributed by atoms with E-state index >= 15 is 0 Å². The maximum Gasteiger partial charge on any atom is 0.155 e. The fraction of sp³-hybridized carbons (Fsp3) is 0. The molecule has 0 radical (unpaired) electrons. The Morgan fingerprint density at radius 2 is 2.00 bits per heavy atom. The molecule has 0 spiro atoms. The summed E-state index contributed by atoms with van der Waals surface area (Å²) in [6, 6.07) is -1.77. The van der Waals surface area contributed by atoms with E-state index in [2.05, 4.69) is 15.9 Å².